The summed E-state index contributed by atoms with van der Waals surface area (Å²) in [5.41, 5.74) is 0.102. The smallest absolute Gasteiger partial charge is 0.362 e. The van der Waals surface area contributed by atoms with E-state index in [1.165, 1.54) is 18.5 Å². The molecule has 0 saturated carbocycles. The molecule has 0 aliphatic carbocycles. The Morgan fingerprint density at radius 1 is 1.64 bits per heavy atom. The summed E-state index contributed by atoms with van der Waals surface area (Å²) in [5.74, 6) is 4.04. The second-order valence-corrected chi connectivity index (χ2v) is 3.11. The first-order valence-electron chi connectivity index (χ1n) is 3.08. The van der Waals surface area contributed by atoms with Gasteiger partial charge in [-0.25, -0.2) is 15.1 Å². The summed E-state index contributed by atoms with van der Waals surface area (Å²) in [5, 5.41) is 9.85. The predicted octanol–water partition coefficient (Wildman–Crippen LogP) is -0.108. The summed E-state index contributed by atoms with van der Waals surface area (Å²) in [7, 11) is -4.37. The number of aromatic amines is 1. The van der Waals surface area contributed by atoms with Crippen molar-refractivity contribution in [2.24, 2.45) is 5.90 Å². The number of nitro groups is 1. The van der Waals surface area contributed by atoms with Gasteiger partial charge in [0.25, 0.3) is 5.69 Å². The van der Waals surface area contributed by atoms with Crippen LogP contribution >= 0.6 is 7.82 Å². The van der Waals surface area contributed by atoms with E-state index >= 15 is 0 Å². The van der Waals surface area contributed by atoms with E-state index in [9.17, 15) is 14.7 Å². The van der Waals surface area contributed by atoms with Crippen molar-refractivity contribution in [2.45, 2.75) is 0 Å². The van der Waals surface area contributed by atoms with Gasteiger partial charge in [0.2, 0.25) is 0 Å². The lowest BCUT2D eigenvalue weighted by molar-refractivity contribution is -0.384. The van der Waals surface area contributed by atoms with E-state index in [-0.39, 0.29) is 5.69 Å². The molecule has 0 spiro atoms. The Labute approximate surface area is 77.8 Å². The van der Waals surface area contributed by atoms with Crippen molar-refractivity contribution >= 4 is 13.5 Å². The quantitative estimate of drug-likeness (QED) is 0.311. The molecule has 0 bridgehead atoms. The zero-order valence-corrected chi connectivity index (χ0v) is 7.63. The number of nitrogens with zero attached hydrogens (tertiary/aromatic N) is 1. The minimum Gasteiger partial charge on any atom is -0.362 e. The highest BCUT2D eigenvalue weighted by molar-refractivity contribution is 7.46. The fourth-order valence-electron chi connectivity index (χ4n) is 0.429. The number of H-pyrrole nitrogens is 1. The average molecular weight is 225 g/mol. The van der Waals surface area contributed by atoms with Crippen molar-refractivity contribution in [3.8, 4) is 0 Å². The number of hydrogen-bond acceptors (Lipinski definition) is 5. The van der Waals surface area contributed by atoms with Crippen molar-refractivity contribution in [3.05, 3.63) is 28.6 Å². The molecule has 0 amide bonds. The third-order valence-electron chi connectivity index (χ3n) is 0.930. The minimum atomic E-state index is -4.37. The van der Waals surface area contributed by atoms with Crippen LogP contribution in [0.5, 0.6) is 0 Å². The Bertz CT molecular complexity index is 318. The van der Waals surface area contributed by atoms with E-state index in [4.69, 9.17) is 9.79 Å². The van der Waals surface area contributed by atoms with Crippen LogP contribution in [0.4, 0.5) is 5.69 Å². The van der Waals surface area contributed by atoms with Crippen LogP contribution in [-0.2, 0) is 9.19 Å². The molecule has 0 atom stereocenters. The topological polar surface area (TPSA) is 152 Å². The fraction of sp³-hybridized carbons (Fsp3) is 0. The highest BCUT2D eigenvalue weighted by Crippen LogP contribution is 2.32. The molecule has 0 saturated heterocycles. The van der Waals surface area contributed by atoms with E-state index in [1.54, 1.807) is 0 Å². The lowest BCUT2D eigenvalue weighted by Gasteiger charge is -1.92. The summed E-state index contributed by atoms with van der Waals surface area (Å²) >= 11 is 0. The third-order valence-corrected chi connectivity index (χ3v) is 1.20. The van der Waals surface area contributed by atoms with Crippen molar-refractivity contribution in [3.63, 3.8) is 0 Å². The minimum absolute atomic E-state index is 0.102. The van der Waals surface area contributed by atoms with Gasteiger partial charge in [0.15, 0.2) is 0 Å². The van der Waals surface area contributed by atoms with Crippen molar-refractivity contribution < 1.29 is 23.9 Å². The van der Waals surface area contributed by atoms with Gasteiger partial charge in [-0.05, 0) is 0 Å². The first-order valence-corrected chi connectivity index (χ1v) is 4.61. The lowest BCUT2D eigenvalue weighted by Crippen LogP contribution is -1.93. The summed E-state index contributed by atoms with van der Waals surface area (Å²) in [6, 6.07) is 1.40. The zero-order valence-electron chi connectivity index (χ0n) is 6.73. The monoisotopic (exact) mass is 225 g/mol. The molecular formula is C4H8N3O6P. The molecule has 0 unspecified atom stereocenters. The Morgan fingerprint density at radius 2 is 2.14 bits per heavy atom. The normalized spacial score (nSPS) is 10.2. The van der Waals surface area contributed by atoms with Crippen LogP contribution in [0.15, 0.2) is 18.5 Å². The molecule has 80 valence electrons. The first-order chi connectivity index (χ1) is 6.37. The molecule has 10 heteroatoms. The maximum Gasteiger partial charge on any atom is 0.485 e. The van der Waals surface area contributed by atoms with Crippen molar-refractivity contribution in [1.29, 1.82) is 0 Å². The van der Waals surface area contributed by atoms with Crippen molar-refractivity contribution in [2.75, 3.05) is 0 Å². The molecule has 9 nitrogen and oxygen atoms in total. The van der Waals surface area contributed by atoms with Crippen molar-refractivity contribution in [1.82, 2.24) is 4.98 Å². The first kappa shape index (κ1) is 12.8. The number of rotatable bonds is 2. The predicted molar refractivity (Wildman–Crippen MR) is 44.8 cm³/mol. The number of nitrogens with two attached hydrogens (primary N) is 1. The van der Waals surface area contributed by atoms with E-state index in [2.05, 4.69) is 15.5 Å². The SMILES string of the molecule is NOP(=O)(O)O.O=[N+]([O-])c1cc[nH]c1. The molecule has 1 rings (SSSR count). The number of nitrogens with one attached hydrogen (secondary N) is 1. The number of aromatic nitrogens is 1. The van der Waals surface area contributed by atoms with Gasteiger partial charge < -0.3 is 14.8 Å². The standard InChI is InChI=1S/C4H4N2O2.H4NO4P/c7-6(8)4-1-2-5-3-4;1-5-6(2,3)4/h1-3,5H;1H2,(H2,2,3,4). The molecule has 1 aromatic heterocycles. The van der Waals surface area contributed by atoms with Gasteiger partial charge in [-0.2, -0.15) is 0 Å². The van der Waals surface area contributed by atoms with Crippen LogP contribution in [0.3, 0.4) is 0 Å². The summed E-state index contributed by atoms with van der Waals surface area (Å²) in [4.78, 5) is 27.1. The third kappa shape index (κ3) is 6.29. The maximum atomic E-state index is 9.85. The van der Waals surface area contributed by atoms with Gasteiger partial charge in [0.1, 0.15) is 0 Å². The lowest BCUT2D eigenvalue weighted by atomic mass is 10.6. The molecule has 0 radical (unpaired) electrons. The van der Waals surface area contributed by atoms with Gasteiger partial charge in [-0.15, -0.1) is 0 Å². The molecule has 1 heterocycles. The average Bonchev–Trinajstić information content (AvgIpc) is 2.56. The highest BCUT2D eigenvalue weighted by atomic mass is 31.2. The summed E-state index contributed by atoms with van der Waals surface area (Å²) in [6.07, 6.45) is 2.85. The van der Waals surface area contributed by atoms with E-state index in [1.807, 2.05) is 0 Å². The van der Waals surface area contributed by atoms with Gasteiger partial charge in [0.05, 0.1) is 11.1 Å². The number of phosphoric acid groups is 1. The molecule has 0 aliphatic rings. The Morgan fingerprint density at radius 3 is 2.29 bits per heavy atom. The Balaban J connectivity index is 0.000000255. The van der Waals surface area contributed by atoms with Crippen LogP contribution < -0.4 is 5.90 Å². The van der Waals surface area contributed by atoms with Crippen LogP contribution in [0.1, 0.15) is 0 Å². The fourth-order valence-corrected chi connectivity index (χ4v) is 0.429. The highest BCUT2D eigenvalue weighted by Gasteiger charge is 2.08. The zero-order chi connectivity index (χ0) is 11.2. The van der Waals surface area contributed by atoms with Gasteiger partial charge in [-0.1, -0.05) is 0 Å². The van der Waals surface area contributed by atoms with Gasteiger partial charge in [0, 0.05) is 12.3 Å². The second-order valence-electron chi connectivity index (χ2n) is 1.92. The number of hydrogen-bond donors (Lipinski definition) is 4. The largest absolute Gasteiger partial charge is 0.485 e. The van der Waals surface area contributed by atoms with Gasteiger partial charge >= 0.3 is 7.82 Å². The molecule has 14 heavy (non-hydrogen) atoms. The Kier molecular flexibility index (Phi) is 4.99. The molecular weight excluding hydrogens is 217 g/mol. The van der Waals surface area contributed by atoms with E-state index in [0.717, 1.165) is 0 Å². The molecule has 0 aromatic carbocycles. The maximum absolute atomic E-state index is 9.85. The Hall–Kier alpha value is -1.25. The molecule has 0 fully saturated rings. The van der Waals surface area contributed by atoms with E-state index in [0.29, 0.717) is 0 Å². The van der Waals surface area contributed by atoms with E-state index < -0.39 is 12.7 Å². The van der Waals surface area contributed by atoms with Crippen LogP contribution in [0.25, 0.3) is 0 Å². The summed E-state index contributed by atoms with van der Waals surface area (Å²) in [6.45, 7) is 0. The summed E-state index contributed by atoms with van der Waals surface area (Å²) < 4.78 is 12.5. The van der Waals surface area contributed by atoms with Gasteiger partial charge in [-0.3, -0.25) is 10.1 Å². The molecule has 5 N–H and O–H groups in total. The van der Waals surface area contributed by atoms with Crippen LogP contribution in [-0.4, -0.2) is 19.7 Å². The molecule has 0 aliphatic heterocycles. The molecule has 1 aromatic rings. The van der Waals surface area contributed by atoms with Crippen LogP contribution in [0, 0.1) is 10.1 Å². The second kappa shape index (κ2) is 5.47. The van der Waals surface area contributed by atoms with Crippen LogP contribution in [0.2, 0.25) is 0 Å².